The third kappa shape index (κ3) is 2.71. The number of alkyl halides is 1. The average molecular weight is 301 g/mol. The van der Waals surface area contributed by atoms with E-state index in [-0.39, 0.29) is 16.7 Å². The predicted molar refractivity (Wildman–Crippen MR) is 71.1 cm³/mol. The lowest BCUT2D eigenvalue weighted by molar-refractivity contribution is 0.0555. The Morgan fingerprint density at radius 3 is 2.35 bits per heavy atom. The zero-order valence-corrected chi connectivity index (χ0v) is 12.1. The van der Waals surface area contributed by atoms with E-state index in [1.54, 1.807) is 12.1 Å². The minimum Gasteiger partial charge on any atom is -0.374 e. The number of aryl methyl sites for hydroxylation is 2. The predicted octanol–water partition coefficient (Wildman–Crippen LogP) is 4.45. The van der Waals surface area contributed by atoms with Gasteiger partial charge in [-0.3, -0.25) is 0 Å². The van der Waals surface area contributed by atoms with Crippen molar-refractivity contribution in [1.29, 1.82) is 0 Å². The van der Waals surface area contributed by atoms with Crippen LogP contribution in [0.25, 0.3) is 0 Å². The lowest BCUT2D eigenvalue weighted by Gasteiger charge is -2.22. The van der Waals surface area contributed by atoms with Gasteiger partial charge in [0.25, 0.3) is 0 Å². The van der Waals surface area contributed by atoms with E-state index in [0.29, 0.717) is 6.10 Å². The molecule has 0 radical (unpaired) electrons. The van der Waals surface area contributed by atoms with E-state index in [1.807, 2.05) is 13.8 Å². The molecular weight excluding hydrogens is 283 g/mol. The molecule has 0 bridgehead atoms. The maximum atomic E-state index is 13.3. The Morgan fingerprint density at radius 2 is 1.88 bits per heavy atom. The normalized spacial score (nSPS) is 26.2. The second-order valence-electron chi connectivity index (χ2n) is 4.92. The zero-order valence-electron chi connectivity index (χ0n) is 10.5. The second-order valence-corrected chi connectivity index (χ2v) is 5.90. The van der Waals surface area contributed by atoms with E-state index in [2.05, 4.69) is 22.9 Å². The van der Waals surface area contributed by atoms with Crippen molar-refractivity contribution in [1.82, 2.24) is 0 Å². The first-order valence-corrected chi connectivity index (χ1v) is 6.96. The van der Waals surface area contributed by atoms with E-state index in [0.717, 1.165) is 24.0 Å². The van der Waals surface area contributed by atoms with Gasteiger partial charge in [0.2, 0.25) is 0 Å². The minimum atomic E-state index is -0.163. The Labute approximate surface area is 110 Å². The number of ether oxygens (including phenoxy) is 1. The van der Waals surface area contributed by atoms with Gasteiger partial charge in [0.15, 0.2) is 0 Å². The molecule has 3 heteroatoms. The third-order valence-electron chi connectivity index (χ3n) is 3.43. The van der Waals surface area contributed by atoms with Gasteiger partial charge in [-0.2, -0.15) is 0 Å². The fraction of sp³-hybridized carbons (Fsp3) is 0.571. The second kappa shape index (κ2) is 5.07. The van der Waals surface area contributed by atoms with Gasteiger partial charge in [-0.05, 0) is 62.4 Å². The molecule has 0 spiro atoms. The SMILES string of the molecule is Cc1cc(F)cc(C)c1C(Br)C1CCC(C)O1. The van der Waals surface area contributed by atoms with Gasteiger partial charge in [0.1, 0.15) is 5.82 Å². The van der Waals surface area contributed by atoms with E-state index in [4.69, 9.17) is 4.74 Å². The molecule has 3 atom stereocenters. The van der Waals surface area contributed by atoms with E-state index in [9.17, 15) is 4.39 Å². The summed E-state index contributed by atoms with van der Waals surface area (Å²) in [4.78, 5) is 0.160. The van der Waals surface area contributed by atoms with Crippen LogP contribution < -0.4 is 0 Å². The van der Waals surface area contributed by atoms with Gasteiger partial charge in [-0.25, -0.2) is 4.39 Å². The van der Waals surface area contributed by atoms with E-state index < -0.39 is 0 Å². The molecule has 0 aromatic heterocycles. The van der Waals surface area contributed by atoms with Crippen molar-refractivity contribution in [3.8, 4) is 0 Å². The van der Waals surface area contributed by atoms with Crippen LogP contribution >= 0.6 is 15.9 Å². The Hall–Kier alpha value is -0.410. The first kappa shape index (κ1) is 13.0. The Morgan fingerprint density at radius 1 is 1.29 bits per heavy atom. The molecule has 94 valence electrons. The fourth-order valence-corrected chi connectivity index (χ4v) is 3.70. The summed E-state index contributed by atoms with van der Waals surface area (Å²) in [5.74, 6) is -0.163. The molecule has 1 aliphatic heterocycles. The minimum absolute atomic E-state index is 0.160. The van der Waals surface area contributed by atoms with Crippen LogP contribution in [0.15, 0.2) is 12.1 Å². The van der Waals surface area contributed by atoms with Gasteiger partial charge in [0, 0.05) is 0 Å². The maximum absolute atomic E-state index is 13.3. The summed E-state index contributed by atoms with van der Waals surface area (Å²) < 4.78 is 19.1. The molecule has 17 heavy (non-hydrogen) atoms. The van der Waals surface area contributed by atoms with Crippen LogP contribution in [0.1, 0.15) is 41.3 Å². The van der Waals surface area contributed by atoms with Gasteiger partial charge < -0.3 is 4.74 Å². The summed E-state index contributed by atoms with van der Waals surface area (Å²) in [5, 5.41) is 0. The first-order valence-electron chi connectivity index (χ1n) is 6.05. The monoisotopic (exact) mass is 300 g/mol. The van der Waals surface area contributed by atoms with Gasteiger partial charge >= 0.3 is 0 Å². The molecule has 1 fully saturated rings. The summed E-state index contributed by atoms with van der Waals surface area (Å²) >= 11 is 3.72. The number of halogens is 2. The topological polar surface area (TPSA) is 9.23 Å². The average Bonchev–Trinajstić information content (AvgIpc) is 2.63. The van der Waals surface area contributed by atoms with Gasteiger partial charge in [-0.15, -0.1) is 0 Å². The molecule has 2 rings (SSSR count). The van der Waals surface area contributed by atoms with Crippen molar-refractivity contribution < 1.29 is 9.13 Å². The Bertz CT molecular complexity index is 396. The molecule has 0 saturated carbocycles. The van der Waals surface area contributed by atoms with Crippen molar-refractivity contribution in [2.24, 2.45) is 0 Å². The van der Waals surface area contributed by atoms with Crippen molar-refractivity contribution in [2.75, 3.05) is 0 Å². The molecule has 1 aliphatic rings. The van der Waals surface area contributed by atoms with Crippen molar-refractivity contribution >= 4 is 15.9 Å². The zero-order chi connectivity index (χ0) is 12.6. The fourth-order valence-electron chi connectivity index (χ4n) is 2.59. The lowest BCUT2D eigenvalue weighted by Crippen LogP contribution is -2.16. The summed E-state index contributed by atoms with van der Waals surface area (Å²) in [6, 6.07) is 3.18. The first-order chi connectivity index (χ1) is 7.99. The number of rotatable bonds is 2. The molecular formula is C14H18BrFO. The van der Waals surface area contributed by atoms with E-state index >= 15 is 0 Å². The molecule has 1 heterocycles. The summed E-state index contributed by atoms with van der Waals surface area (Å²) in [6.45, 7) is 6.01. The van der Waals surface area contributed by atoms with Crippen LogP contribution in [0.5, 0.6) is 0 Å². The van der Waals surface area contributed by atoms with Crippen molar-refractivity contribution in [2.45, 2.75) is 50.6 Å². The summed E-state index contributed by atoms with van der Waals surface area (Å²) in [5.41, 5.74) is 3.16. The van der Waals surface area contributed by atoms with Crippen LogP contribution in [0, 0.1) is 19.7 Å². The third-order valence-corrected chi connectivity index (χ3v) is 4.47. The van der Waals surface area contributed by atoms with Crippen LogP contribution in [-0.2, 0) is 4.74 Å². The van der Waals surface area contributed by atoms with Gasteiger partial charge in [-0.1, -0.05) is 15.9 Å². The Balaban J connectivity index is 2.27. The molecule has 3 unspecified atom stereocenters. The highest BCUT2D eigenvalue weighted by Gasteiger charge is 2.30. The number of hydrogen-bond acceptors (Lipinski definition) is 1. The molecule has 1 aromatic carbocycles. The van der Waals surface area contributed by atoms with Crippen LogP contribution in [0.3, 0.4) is 0 Å². The van der Waals surface area contributed by atoms with E-state index in [1.165, 1.54) is 5.56 Å². The molecule has 0 amide bonds. The largest absolute Gasteiger partial charge is 0.374 e. The summed E-state index contributed by atoms with van der Waals surface area (Å²) in [7, 11) is 0. The maximum Gasteiger partial charge on any atom is 0.123 e. The molecule has 0 N–H and O–H groups in total. The quantitative estimate of drug-likeness (QED) is 0.734. The standard InChI is InChI=1S/C14H18BrFO/c1-8-6-11(16)7-9(2)13(8)14(15)12-5-4-10(3)17-12/h6-7,10,12,14H,4-5H2,1-3H3. The van der Waals surface area contributed by atoms with Crippen LogP contribution in [0.4, 0.5) is 4.39 Å². The molecule has 0 aliphatic carbocycles. The Kier molecular flexibility index (Phi) is 3.88. The molecule has 1 aromatic rings. The number of benzene rings is 1. The van der Waals surface area contributed by atoms with Crippen LogP contribution in [0.2, 0.25) is 0 Å². The highest BCUT2D eigenvalue weighted by molar-refractivity contribution is 9.09. The molecule has 1 nitrogen and oxygen atoms in total. The summed E-state index contributed by atoms with van der Waals surface area (Å²) in [6.07, 6.45) is 2.70. The van der Waals surface area contributed by atoms with Gasteiger partial charge in [0.05, 0.1) is 17.0 Å². The highest BCUT2D eigenvalue weighted by Crippen LogP contribution is 2.39. The van der Waals surface area contributed by atoms with Crippen molar-refractivity contribution in [3.05, 3.63) is 34.6 Å². The highest BCUT2D eigenvalue weighted by atomic mass is 79.9. The smallest absolute Gasteiger partial charge is 0.123 e. The lowest BCUT2D eigenvalue weighted by atomic mass is 9.96. The molecule has 1 saturated heterocycles. The van der Waals surface area contributed by atoms with Crippen LogP contribution in [-0.4, -0.2) is 12.2 Å². The number of hydrogen-bond donors (Lipinski definition) is 0. The van der Waals surface area contributed by atoms with Crippen molar-refractivity contribution in [3.63, 3.8) is 0 Å².